The maximum atomic E-state index is 12.0. The summed E-state index contributed by atoms with van der Waals surface area (Å²) in [5.41, 5.74) is -22.9. The van der Waals surface area contributed by atoms with E-state index in [0.717, 1.165) is 0 Å². The molecule has 144 heavy (non-hydrogen) atoms. The van der Waals surface area contributed by atoms with Crippen LogP contribution in [-0.4, -0.2) is 276 Å². The topological polar surface area (TPSA) is 1120 Å². The molecule has 0 saturated heterocycles. The molecule has 0 spiro atoms. The molecular weight excluding hydrogens is 1950 g/mol. The van der Waals surface area contributed by atoms with E-state index < -0.39 is 497 Å². The minimum atomic E-state index is -1.99. The van der Waals surface area contributed by atoms with Crippen molar-refractivity contribution in [3.63, 3.8) is 0 Å². The average molecular weight is 2010 g/mol. The molecule has 0 aliphatic carbocycles. The van der Waals surface area contributed by atoms with Crippen LogP contribution in [0.25, 0.3) is 186 Å². The number of furan rings is 2. The Morgan fingerprint density at radius 2 is 0.181 bits per heavy atom. The number of aromatic hydroxyl groups is 54. The molecule has 742 valence electrons. The second-order valence-corrected chi connectivity index (χ2v) is 31.6. The van der Waals surface area contributed by atoms with E-state index in [9.17, 15) is 276 Å². The van der Waals surface area contributed by atoms with Crippen molar-refractivity contribution >= 4 is 119 Å². The van der Waals surface area contributed by atoms with Gasteiger partial charge in [-0.3, -0.25) is 0 Å². The first kappa shape index (κ1) is 91.8. The minimum Gasteiger partial charge on any atom is -0.506 e. The standard InChI is InChI=1S/C48H30O31.C40H24O25/c49-17-12-15(32(64)41(73)40(72)29(12)61)33(65)48-16(17)10-8(23(55)44(76)46(78)47(10)79-48)2-5-3(18(50)34(66)36(68)20(5)52)1(4-6(2)21(53)37(69)35(67)19(4)51)7-9(24(56)39(71)38(70)22(7)54)11-25(57)27(59)13(28(60)26(11)58)14-30(62)42(74)45(77)43(75)31(14)63;41-15-9(22(48)23(49)12-10(15)24(50)33(59)35(61)26(12)52)2-5-3(17(43)29(55)31(57)19(5)45)1(4-6(2)20(46)32(58)30(56)18(4)44)7-8-14-16(42)11-13(27(53)36(62)34(60)25(11)51)28(54)40(14)65-39(8)38(64)37(63)21(7)47/h49-78H;41-64H. The van der Waals surface area contributed by atoms with Crippen LogP contribution in [0, 0.1) is 0 Å². The molecule has 17 aromatic carbocycles. The first-order chi connectivity index (χ1) is 67.1. The second-order valence-electron chi connectivity index (χ2n) is 31.6. The molecule has 0 amide bonds. The summed E-state index contributed by atoms with van der Waals surface area (Å²) in [6.45, 7) is 0. The zero-order valence-corrected chi connectivity index (χ0v) is 69.0. The predicted octanol–water partition coefficient (Wildman–Crippen LogP) is 9.35. The molecule has 56 heteroatoms. The van der Waals surface area contributed by atoms with E-state index in [1.807, 2.05) is 0 Å². The monoisotopic (exact) mass is 2010 g/mol. The van der Waals surface area contributed by atoms with Crippen molar-refractivity contribution in [1.29, 1.82) is 0 Å². The molecule has 0 unspecified atom stereocenters. The lowest BCUT2D eigenvalue weighted by atomic mass is 9.79. The molecule has 0 atom stereocenters. The molecule has 0 aliphatic heterocycles. The highest BCUT2D eigenvalue weighted by molar-refractivity contribution is 6.38. The number of benzene rings is 17. The largest absolute Gasteiger partial charge is 0.506 e. The van der Waals surface area contributed by atoms with Gasteiger partial charge in [-0.25, -0.2) is 0 Å². The van der Waals surface area contributed by atoms with Crippen LogP contribution in [0.5, 0.6) is 310 Å². The maximum absolute atomic E-state index is 12.0. The Morgan fingerprint density at radius 1 is 0.0625 bits per heavy atom. The van der Waals surface area contributed by atoms with Gasteiger partial charge in [0.15, 0.2) is 183 Å². The van der Waals surface area contributed by atoms with Crippen LogP contribution in [0.3, 0.4) is 0 Å². The molecule has 19 aromatic rings. The third-order valence-electron chi connectivity index (χ3n) is 24.6. The molecule has 56 nitrogen and oxygen atoms in total. The number of hydrogen-bond acceptors (Lipinski definition) is 56. The van der Waals surface area contributed by atoms with E-state index in [1.165, 1.54) is 0 Å². The van der Waals surface area contributed by atoms with Crippen LogP contribution in [0.1, 0.15) is 0 Å². The fourth-order valence-corrected chi connectivity index (χ4v) is 18.0. The van der Waals surface area contributed by atoms with Gasteiger partial charge in [0.05, 0.1) is 65.3 Å². The fraction of sp³-hybridized carbons (Fsp3) is 0. The van der Waals surface area contributed by atoms with Gasteiger partial charge in [0, 0.05) is 98.4 Å². The molecular formula is C88H54O56. The van der Waals surface area contributed by atoms with Crippen LogP contribution in [0.4, 0.5) is 0 Å². The van der Waals surface area contributed by atoms with E-state index in [2.05, 4.69) is 0 Å². The normalized spacial score (nSPS) is 11.9. The third kappa shape index (κ3) is 10.6. The number of hydrogen-bond donors (Lipinski definition) is 54. The summed E-state index contributed by atoms with van der Waals surface area (Å²) in [6.07, 6.45) is 0. The van der Waals surface area contributed by atoms with Crippen molar-refractivity contribution in [3.8, 4) is 377 Å². The lowest BCUT2D eigenvalue weighted by Gasteiger charge is -2.26. The fourth-order valence-electron chi connectivity index (χ4n) is 18.0. The van der Waals surface area contributed by atoms with Crippen LogP contribution in [0.15, 0.2) is 8.83 Å². The van der Waals surface area contributed by atoms with Crippen LogP contribution in [-0.2, 0) is 0 Å². The zero-order valence-electron chi connectivity index (χ0n) is 69.0. The van der Waals surface area contributed by atoms with Crippen molar-refractivity contribution in [3.05, 3.63) is 0 Å². The van der Waals surface area contributed by atoms with Gasteiger partial charge in [0.1, 0.15) is 17.2 Å². The first-order valence-electron chi connectivity index (χ1n) is 38.6. The summed E-state index contributed by atoms with van der Waals surface area (Å²) < 4.78 is 11.1. The SMILES string of the molecule is Oc1c(O)c(-c2c3c(O)c(O)c(O)c(O)c3c(-c3c(O)c(O)c4c(O)c(O)c(O)c(O)c4c3O)c3c(O)c(O)c(O)c(O)c23)c2c(oc3c(O)c4c(O)c(O)c(O)c(O)c4c(O)c32)c1O.Oc1c(O)c(O)c(-c2c(O)c(O)c(-c3c(O)c(O)c(O)c(O)c3-c3c4c(O)c(O)c(O)c(O)c4c(-c4c(O)c(O)c(O)c5oc6c(O)c7c(O)c(O)c(O)c(O)c7c(O)c6c45)c4c(O)c(O)c(O)c(O)c34)c(O)c2O)c(O)c1O. The van der Waals surface area contributed by atoms with Crippen molar-refractivity contribution in [1.82, 2.24) is 0 Å². The number of fused-ring (bicyclic) bond motifs is 13. The van der Waals surface area contributed by atoms with E-state index in [4.69, 9.17) is 8.83 Å². The number of rotatable bonds is 6. The van der Waals surface area contributed by atoms with Crippen molar-refractivity contribution in [2.45, 2.75) is 0 Å². The Labute approximate surface area is 778 Å². The minimum absolute atomic E-state index is 1.04. The van der Waals surface area contributed by atoms with Gasteiger partial charge in [-0.15, -0.1) is 0 Å². The summed E-state index contributed by atoms with van der Waals surface area (Å²) in [5.74, 6) is -91.4. The van der Waals surface area contributed by atoms with E-state index in [1.54, 1.807) is 0 Å². The van der Waals surface area contributed by atoms with Crippen LogP contribution >= 0.6 is 0 Å². The average Bonchev–Trinajstić information content (AvgIpc) is 1.27. The molecule has 2 aromatic heterocycles. The molecule has 2 heterocycles. The van der Waals surface area contributed by atoms with Crippen LogP contribution in [0.2, 0.25) is 0 Å². The molecule has 54 N–H and O–H groups in total. The highest BCUT2D eigenvalue weighted by Crippen LogP contribution is 2.76. The second kappa shape index (κ2) is 29.0. The smallest absolute Gasteiger partial charge is 0.208 e. The highest BCUT2D eigenvalue weighted by Gasteiger charge is 2.47. The van der Waals surface area contributed by atoms with Gasteiger partial charge in [-0.05, 0) is 0 Å². The lowest BCUT2D eigenvalue weighted by molar-refractivity contribution is 0.329. The predicted molar refractivity (Wildman–Crippen MR) is 472 cm³/mol. The van der Waals surface area contributed by atoms with Crippen molar-refractivity contribution in [2.24, 2.45) is 0 Å². The Morgan fingerprint density at radius 3 is 0.424 bits per heavy atom. The van der Waals surface area contributed by atoms with Gasteiger partial charge in [-0.1, -0.05) is 0 Å². The molecule has 19 rings (SSSR count). The molecule has 0 radical (unpaired) electrons. The maximum Gasteiger partial charge on any atom is 0.208 e. The Balaban J connectivity index is 0.000000193. The summed E-state index contributed by atoms with van der Waals surface area (Å²) in [6, 6.07) is 0. The quantitative estimate of drug-likeness (QED) is 0.0418. The van der Waals surface area contributed by atoms with Crippen molar-refractivity contribution in [2.75, 3.05) is 0 Å². The van der Waals surface area contributed by atoms with E-state index in [0.29, 0.717) is 0 Å². The third-order valence-corrected chi connectivity index (χ3v) is 24.6. The summed E-state index contributed by atoms with van der Waals surface area (Å²) in [5, 5.41) is 581. The summed E-state index contributed by atoms with van der Waals surface area (Å²) in [4.78, 5) is 0. The van der Waals surface area contributed by atoms with Gasteiger partial charge < -0.3 is 285 Å². The Hall–Kier alpha value is -22.6. The highest BCUT2D eigenvalue weighted by atomic mass is 16.4. The first-order valence-corrected chi connectivity index (χ1v) is 38.6. The van der Waals surface area contributed by atoms with E-state index in [-0.39, 0.29) is 0 Å². The number of phenols is 54. The van der Waals surface area contributed by atoms with E-state index >= 15 is 0 Å². The zero-order chi connectivity index (χ0) is 106. The van der Waals surface area contributed by atoms with Crippen molar-refractivity contribution < 1.29 is 285 Å². The molecule has 0 bridgehead atoms. The molecule has 0 aliphatic rings. The lowest BCUT2D eigenvalue weighted by Crippen LogP contribution is -1.98. The molecule has 0 saturated carbocycles. The van der Waals surface area contributed by atoms with Gasteiger partial charge in [-0.2, -0.15) is 0 Å². The Bertz CT molecular complexity index is 9250. The van der Waals surface area contributed by atoms with Gasteiger partial charge in [0.2, 0.25) is 132 Å². The number of phenolic OH excluding ortho intramolecular Hbond substituents is 54. The van der Waals surface area contributed by atoms with Gasteiger partial charge >= 0.3 is 0 Å². The summed E-state index contributed by atoms with van der Waals surface area (Å²) >= 11 is 0. The molecule has 0 fully saturated rings. The van der Waals surface area contributed by atoms with Crippen LogP contribution < -0.4 is 0 Å². The van der Waals surface area contributed by atoms with Gasteiger partial charge in [0.25, 0.3) is 0 Å². The summed E-state index contributed by atoms with van der Waals surface area (Å²) in [7, 11) is 0. The Kier molecular flexibility index (Phi) is 18.5.